The highest BCUT2D eigenvalue weighted by Gasteiger charge is 2.86. The van der Waals surface area contributed by atoms with Crippen LogP contribution in [-0.4, -0.2) is 78.6 Å². The van der Waals surface area contributed by atoms with Gasteiger partial charge in [0, 0.05) is 18.5 Å². The van der Waals surface area contributed by atoms with E-state index in [1.165, 1.54) is 103 Å². The number of allylic oxidation sites excluding steroid dienone is 1. The van der Waals surface area contributed by atoms with E-state index in [1.807, 2.05) is 0 Å². The minimum Gasteiger partial charge on any atom is -0.481 e. The molecule has 3 unspecified atom stereocenters. The maximum atomic E-state index is 14.2. The van der Waals surface area contributed by atoms with Crippen molar-refractivity contribution < 1.29 is 19.4 Å². The highest BCUT2D eigenvalue weighted by Crippen LogP contribution is 2.84. The molecular formula is C41H64N2O4. The molecule has 3 heterocycles. The number of hydrogen-bond acceptors (Lipinski definition) is 5. The maximum Gasteiger partial charge on any atom is 0.315 e. The van der Waals surface area contributed by atoms with Crippen LogP contribution in [0.3, 0.4) is 0 Å². The largest absolute Gasteiger partial charge is 0.481 e. The quantitative estimate of drug-likeness (QED) is 0.196. The number of nitrogens with zero attached hydrogens (tertiary/aromatic N) is 2. The maximum absolute atomic E-state index is 14.2. The second-order valence-electron chi connectivity index (χ2n) is 18.5. The van der Waals surface area contributed by atoms with Crippen LogP contribution >= 0.6 is 0 Å². The van der Waals surface area contributed by atoms with Crippen molar-refractivity contribution in [1.29, 1.82) is 0 Å². The predicted octanol–water partition coefficient (Wildman–Crippen LogP) is 7.46. The fraction of sp³-hybridized carbons (Fsp3) is 0.902. The van der Waals surface area contributed by atoms with E-state index in [4.69, 9.17) is 4.74 Å². The van der Waals surface area contributed by atoms with Gasteiger partial charge in [0.1, 0.15) is 11.7 Å². The molecule has 10 atom stereocenters. The molecule has 1 N–H and O–H groups in total. The highest BCUT2D eigenvalue weighted by atomic mass is 16.5. The van der Waals surface area contributed by atoms with Crippen molar-refractivity contribution in [2.75, 3.05) is 39.3 Å². The Bertz CT molecular complexity index is 1210. The molecule has 0 aromatic rings. The highest BCUT2D eigenvalue weighted by molar-refractivity contribution is 5.90. The topological polar surface area (TPSA) is 70.1 Å². The fourth-order valence-corrected chi connectivity index (χ4v) is 14.2. The van der Waals surface area contributed by atoms with E-state index in [-0.39, 0.29) is 30.0 Å². The Kier molecular flexibility index (Phi) is 8.77. The van der Waals surface area contributed by atoms with E-state index < -0.39 is 22.2 Å². The first kappa shape index (κ1) is 32.9. The number of carbonyl (C=O) groups is 2. The monoisotopic (exact) mass is 648 g/mol. The SMILES string of the molecule is CC(C)C1=CC2CC3(C=O)[C@@H]4CC[C@@H](C)[C@H]4CC2([C@H]2C[C@@H](CC4CCCC4)[C@H](CN4CCC(CN5CCCCC5)CC4)O2)[C@]13C(=O)O. The van der Waals surface area contributed by atoms with Gasteiger partial charge in [-0.1, -0.05) is 70.9 Å². The van der Waals surface area contributed by atoms with Gasteiger partial charge in [0.2, 0.25) is 0 Å². The van der Waals surface area contributed by atoms with Gasteiger partial charge in [-0.15, -0.1) is 0 Å². The van der Waals surface area contributed by atoms with Crippen molar-refractivity contribution in [1.82, 2.24) is 9.80 Å². The average Bonchev–Trinajstić information content (AvgIpc) is 3.88. The Labute approximate surface area is 284 Å². The Morgan fingerprint density at radius 1 is 0.936 bits per heavy atom. The lowest BCUT2D eigenvalue weighted by Gasteiger charge is -2.60. The number of piperidine rings is 2. The molecule has 7 fully saturated rings. The molecule has 8 rings (SSSR count). The molecule has 0 aromatic heterocycles. The Hall–Kier alpha value is -1.24. The van der Waals surface area contributed by atoms with Gasteiger partial charge < -0.3 is 24.4 Å². The minimum absolute atomic E-state index is 0.0836. The van der Waals surface area contributed by atoms with Gasteiger partial charge in [0.05, 0.1) is 17.6 Å². The Morgan fingerprint density at radius 3 is 2.34 bits per heavy atom. The van der Waals surface area contributed by atoms with Gasteiger partial charge in [-0.25, -0.2) is 0 Å². The van der Waals surface area contributed by atoms with E-state index in [1.54, 1.807) is 0 Å². The molecule has 0 radical (unpaired) electrons. The van der Waals surface area contributed by atoms with Crippen molar-refractivity contribution in [3.63, 3.8) is 0 Å². The molecule has 47 heavy (non-hydrogen) atoms. The average molecular weight is 649 g/mol. The van der Waals surface area contributed by atoms with Crippen LogP contribution in [-0.2, 0) is 14.3 Å². The molecule has 8 aliphatic rings. The first-order valence-electron chi connectivity index (χ1n) is 20.3. The molecule has 4 bridgehead atoms. The summed E-state index contributed by atoms with van der Waals surface area (Å²) in [7, 11) is 0. The van der Waals surface area contributed by atoms with Crippen molar-refractivity contribution in [2.45, 2.75) is 129 Å². The summed E-state index contributed by atoms with van der Waals surface area (Å²) >= 11 is 0. The fourth-order valence-electron chi connectivity index (χ4n) is 14.2. The third-order valence-corrected chi connectivity index (χ3v) is 16.2. The summed E-state index contributed by atoms with van der Waals surface area (Å²) < 4.78 is 7.49. The van der Waals surface area contributed by atoms with E-state index in [0.29, 0.717) is 17.8 Å². The van der Waals surface area contributed by atoms with Gasteiger partial charge in [-0.05, 0) is 131 Å². The predicted molar refractivity (Wildman–Crippen MR) is 185 cm³/mol. The first-order chi connectivity index (χ1) is 22.7. The van der Waals surface area contributed by atoms with Crippen LogP contribution in [0.5, 0.6) is 0 Å². The zero-order chi connectivity index (χ0) is 32.6. The molecular weight excluding hydrogens is 584 g/mol. The normalized spacial score (nSPS) is 46.0. The van der Waals surface area contributed by atoms with Crippen LogP contribution in [0.15, 0.2) is 11.6 Å². The van der Waals surface area contributed by atoms with Crippen LogP contribution in [0, 0.1) is 63.6 Å². The molecule has 6 heteroatoms. The molecule has 4 saturated carbocycles. The summed E-state index contributed by atoms with van der Waals surface area (Å²) in [5.74, 6) is 2.76. The van der Waals surface area contributed by atoms with Gasteiger partial charge >= 0.3 is 5.97 Å². The smallest absolute Gasteiger partial charge is 0.315 e. The van der Waals surface area contributed by atoms with Crippen molar-refractivity contribution in [3.8, 4) is 0 Å². The zero-order valence-electron chi connectivity index (χ0n) is 29.8. The van der Waals surface area contributed by atoms with E-state index in [2.05, 4.69) is 36.6 Å². The van der Waals surface area contributed by atoms with Gasteiger partial charge in [0.15, 0.2) is 0 Å². The summed E-state index contributed by atoms with van der Waals surface area (Å²) in [4.78, 5) is 33.2. The molecule has 6 nitrogen and oxygen atoms in total. The van der Waals surface area contributed by atoms with Crippen molar-refractivity contribution in [3.05, 3.63) is 11.6 Å². The number of fused-ring (bicyclic) bond motifs is 2. The lowest BCUT2D eigenvalue weighted by molar-refractivity contribution is -0.197. The van der Waals surface area contributed by atoms with Gasteiger partial charge in [-0.3, -0.25) is 4.79 Å². The van der Waals surface area contributed by atoms with E-state index >= 15 is 0 Å². The molecule has 3 aliphatic heterocycles. The van der Waals surface area contributed by atoms with E-state index in [9.17, 15) is 14.7 Å². The number of carbonyl (C=O) groups excluding carboxylic acids is 1. The third kappa shape index (κ3) is 4.86. The third-order valence-electron chi connectivity index (χ3n) is 16.2. The number of carboxylic acids is 1. The molecule has 3 saturated heterocycles. The van der Waals surface area contributed by atoms with Gasteiger partial charge in [-0.2, -0.15) is 0 Å². The Balaban J connectivity index is 1.08. The van der Waals surface area contributed by atoms with Crippen LogP contribution in [0.25, 0.3) is 0 Å². The Morgan fingerprint density at radius 2 is 1.66 bits per heavy atom. The zero-order valence-corrected chi connectivity index (χ0v) is 29.8. The summed E-state index contributed by atoms with van der Waals surface area (Å²) in [6, 6.07) is 0. The van der Waals surface area contributed by atoms with Crippen molar-refractivity contribution >= 4 is 12.3 Å². The van der Waals surface area contributed by atoms with Crippen molar-refractivity contribution in [2.24, 2.45) is 63.6 Å². The van der Waals surface area contributed by atoms with Gasteiger partial charge in [0.25, 0.3) is 0 Å². The summed E-state index contributed by atoms with van der Waals surface area (Å²) in [5.41, 5.74) is -1.38. The minimum atomic E-state index is -1.13. The van der Waals surface area contributed by atoms with Crippen LogP contribution in [0.1, 0.15) is 117 Å². The second kappa shape index (κ2) is 12.5. The number of carboxylic acid groups (broad SMARTS) is 1. The van der Waals surface area contributed by atoms with Crippen LogP contribution in [0.2, 0.25) is 0 Å². The summed E-state index contributed by atoms with van der Waals surface area (Å²) in [5, 5.41) is 11.6. The lowest BCUT2D eigenvalue weighted by atomic mass is 9.41. The van der Waals surface area contributed by atoms with Crippen LogP contribution < -0.4 is 0 Å². The molecule has 0 aromatic carbocycles. The number of aldehydes is 1. The number of hydrogen-bond donors (Lipinski definition) is 1. The second-order valence-corrected chi connectivity index (χ2v) is 18.5. The summed E-state index contributed by atoms with van der Waals surface area (Å²) in [6.07, 6.45) is 21.8. The number of likely N-dealkylation sites (tertiary alicyclic amines) is 2. The molecule has 262 valence electrons. The first-order valence-corrected chi connectivity index (χ1v) is 20.3. The number of aliphatic carboxylic acids is 1. The number of ether oxygens (including phenoxy) is 1. The van der Waals surface area contributed by atoms with Crippen LogP contribution in [0.4, 0.5) is 0 Å². The lowest BCUT2D eigenvalue weighted by Crippen LogP contribution is -2.65. The molecule has 0 spiro atoms. The number of rotatable bonds is 10. The standard InChI is InChI=1S/C41H64N2O4/c1-27(2)35-21-32-22-39(26-44)34-12-11-28(3)33(34)23-40(32,41(35,39)38(45)46)37-20-31(19-29-9-5-6-10-29)36(47-37)25-43-17-13-30(14-18-43)24-42-15-7-4-8-16-42/h21,26-34,36-37H,4-20,22-25H2,1-3H3,(H,45,46)/t28-,31-,32?,33-,34-,36+,37-,39?,40?,41+/m1/s1. The summed E-state index contributed by atoms with van der Waals surface area (Å²) in [6.45, 7) is 13.9. The van der Waals surface area contributed by atoms with E-state index in [0.717, 1.165) is 56.1 Å². The molecule has 0 amide bonds. The molecule has 5 aliphatic carbocycles.